The highest BCUT2D eigenvalue weighted by atomic mass is 35.5. The van der Waals surface area contributed by atoms with Gasteiger partial charge in [-0.2, -0.15) is 0 Å². The minimum absolute atomic E-state index is 0. The third kappa shape index (κ3) is 6.53. The van der Waals surface area contributed by atoms with Crippen molar-refractivity contribution >= 4 is 24.4 Å². The second-order valence-corrected chi connectivity index (χ2v) is 9.64. The number of aromatic nitrogens is 2. The summed E-state index contributed by atoms with van der Waals surface area (Å²) in [5.41, 5.74) is 6.52. The fourth-order valence-corrected chi connectivity index (χ4v) is 4.79. The Hall–Kier alpha value is -2.72. The van der Waals surface area contributed by atoms with Crippen molar-refractivity contribution in [2.75, 3.05) is 31.1 Å². The predicted octanol–water partition coefficient (Wildman–Crippen LogP) is 4.13. The smallest absolute Gasteiger partial charge is 0.410 e. The van der Waals surface area contributed by atoms with Gasteiger partial charge in [-0.3, -0.25) is 0 Å². The van der Waals surface area contributed by atoms with Crippen LogP contribution in [0.5, 0.6) is 5.75 Å². The molecule has 1 aromatic carbocycles. The van der Waals surface area contributed by atoms with Crippen molar-refractivity contribution in [2.24, 2.45) is 11.7 Å². The number of piperidine rings is 1. The number of carbonyl (C=O) groups is 1. The molecule has 2 N–H and O–H groups in total. The average Bonchev–Trinajstić information content (AvgIpc) is 3.22. The number of hydrogen-bond acceptors (Lipinski definition) is 7. The SMILES string of the molecule is CC(C)OC(=O)N1CCC([C@@H](C)Oc2cnc(N3C[C@H](c4cc(F)ccc4F)[C@@H](N)C3)nc2)CC1.Cl. The van der Waals surface area contributed by atoms with Gasteiger partial charge < -0.3 is 25.0 Å². The molecule has 2 aliphatic heterocycles. The van der Waals surface area contributed by atoms with E-state index in [2.05, 4.69) is 9.97 Å². The summed E-state index contributed by atoms with van der Waals surface area (Å²) in [5, 5.41) is 0. The summed E-state index contributed by atoms with van der Waals surface area (Å²) in [6, 6.07) is 3.07. The van der Waals surface area contributed by atoms with E-state index in [0.29, 0.717) is 43.8 Å². The van der Waals surface area contributed by atoms with Crippen molar-refractivity contribution in [3.63, 3.8) is 0 Å². The maximum absolute atomic E-state index is 14.2. The zero-order valence-corrected chi connectivity index (χ0v) is 21.6. The highest BCUT2D eigenvalue weighted by Gasteiger charge is 2.34. The normalized spacial score (nSPS) is 21.3. The number of ether oxygens (including phenoxy) is 2. The van der Waals surface area contributed by atoms with Gasteiger partial charge in [0.05, 0.1) is 24.6 Å². The molecule has 1 amide bonds. The minimum atomic E-state index is -0.486. The van der Waals surface area contributed by atoms with E-state index in [-0.39, 0.29) is 48.2 Å². The molecule has 198 valence electrons. The summed E-state index contributed by atoms with van der Waals surface area (Å²) in [5.74, 6) is 0.0242. The summed E-state index contributed by atoms with van der Waals surface area (Å²) in [6.07, 6.45) is 4.45. The van der Waals surface area contributed by atoms with E-state index in [1.54, 1.807) is 17.3 Å². The minimum Gasteiger partial charge on any atom is -0.487 e. The number of nitrogens with zero attached hydrogens (tertiary/aromatic N) is 4. The van der Waals surface area contributed by atoms with Crippen molar-refractivity contribution in [3.8, 4) is 5.75 Å². The van der Waals surface area contributed by atoms with Gasteiger partial charge >= 0.3 is 6.09 Å². The van der Waals surface area contributed by atoms with Crippen molar-refractivity contribution in [1.29, 1.82) is 0 Å². The molecular formula is C25H34ClF2N5O3. The van der Waals surface area contributed by atoms with E-state index in [0.717, 1.165) is 25.0 Å². The van der Waals surface area contributed by atoms with Gasteiger partial charge in [-0.15, -0.1) is 12.4 Å². The van der Waals surface area contributed by atoms with Gasteiger partial charge in [0.15, 0.2) is 5.75 Å². The van der Waals surface area contributed by atoms with Gasteiger partial charge in [0.2, 0.25) is 5.95 Å². The number of anilines is 1. The quantitative estimate of drug-likeness (QED) is 0.606. The molecule has 8 nitrogen and oxygen atoms in total. The van der Waals surface area contributed by atoms with E-state index in [9.17, 15) is 13.6 Å². The molecule has 11 heteroatoms. The van der Waals surface area contributed by atoms with Gasteiger partial charge in [0, 0.05) is 38.1 Å². The molecule has 0 unspecified atom stereocenters. The number of likely N-dealkylation sites (tertiary alicyclic amines) is 1. The molecule has 0 bridgehead atoms. The molecule has 3 atom stereocenters. The van der Waals surface area contributed by atoms with Crippen molar-refractivity contribution in [3.05, 3.63) is 47.8 Å². The molecule has 1 aromatic heterocycles. The van der Waals surface area contributed by atoms with Crippen LogP contribution in [0.3, 0.4) is 0 Å². The number of halogens is 3. The average molecular weight is 526 g/mol. The number of nitrogens with two attached hydrogens (primary N) is 1. The van der Waals surface area contributed by atoms with Gasteiger partial charge in [-0.25, -0.2) is 23.5 Å². The number of benzene rings is 1. The number of amides is 1. The van der Waals surface area contributed by atoms with Crippen LogP contribution in [0.2, 0.25) is 0 Å². The van der Waals surface area contributed by atoms with Crippen LogP contribution in [0.1, 0.15) is 45.1 Å². The third-order valence-corrected chi connectivity index (χ3v) is 6.74. The van der Waals surface area contributed by atoms with Crippen LogP contribution < -0.4 is 15.4 Å². The van der Waals surface area contributed by atoms with Crippen LogP contribution >= 0.6 is 12.4 Å². The molecule has 2 aliphatic rings. The first-order valence-corrected chi connectivity index (χ1v) is 12.1. The molecule has 2 aromatic rings. The number of hydrogen-bond donors (Lipinski definition) is 1. The van der Waals surface area contributed by atoms with Gasteiger partial charge in [0.1, 0.15) is 11.6 Å². The molecule has 0 aliphatic carbocycles. The Bertz CT molecular complexity index is 1020. The summed E-state index contributed by atoms with van der Waals surface area (Å²) in [4.78, 5) is 24.5. The molecule has 2 saturated heterocycles. The highest BCUT2D eigenvalue weighted by molar-refractivity contribution is 5.85. The third-order valence-electron chi connectivity index (χ3n) is 6.74. The predicted molar refractivity (Wildman–Crippen MR) is 135 cm³/mol. The molecule has 4 rings (SSSR count). The Kier molecular flexibility index (Phi) is 9.30. The van der Waals surface area contributed by atoms with Crippen LogP contribution in [0.25, 0.3) is 0 Å². The van der Waals surface area contributed by atoms with Crippen LogP contribution in [0, 0.1) is 17.6 Å². The van der Waals surface area contributed by atoms with Crippen LogP contribution in [-0.2, 0) is 4.74 Å². The Morgan fingerprint density at radius 3 is 2.42 bits per heavy atom. The monoisotopic (exact) mass is 525 g/mol. The van der Waals surface area contributed by atoms with E-state index < -0.39 is 11.6 Å². The van der Waals surface area contributed by atoms with E-state index in [4.69, 9.17) is 15.2 Å². The Balaban J connectivity index is 0.00000361. The topological polar surface area (TPSA) is 93.8 Å². The summed E-state index contributed by atoms with van der Waals surface area (Å²) >= 11 is 0. The Labute approximate surface area is 216 Å². The van der Waals surface area contributed by atoms with E-state index >= 15 is 0 Å². The van der Waals surface area contributed by atoms with Crippen molar-refractivity contribution < 1.29 is 23.0 Å². The lowest BCUT2D eigenvalue weighted by Crippen LogP contribution is -2.42. The van der Waals surface area contributed by atoms with Crippen molar-refractivity contribution in [2.45, 2.75) is 57.8 Å². The van der Waals surface area contributed by atoms with Gasteiger partial charge in [-0.05, 0) is 63.3 Å². The maximum Gasteiger partial charge on any atom is 0.410 e. The standard InChI is InChI=1S/C25H33F2N5O3.ClH/c1-15(2)34-25(33)31-8-6-17(7-9-31)16(3)35-19-11-29-24(30-12-19)32-13-21(23(28)14-32)20-10-18(26)4-5-22(20)27;/h4-5,10-12,15-17,21,23H,6-9,13-14,28H2,1-3H3;1H/t16-,21-,23+;/m1./s1. The maximum atomic E-state index is 14.2. The second kappa shape index (κ2) is 12.0. The number of rotatable bonds is 6. The fourth-order valence-electron chi connectivity index (χ4n) is 4.79. The largest absolute Gasteiger partial charge is 0.487 e. The Morgan fingerprint density at radius 2 is 1.78 bits per heavy atom. The zero-order valence-electron chi connectivity index (χ0n) is 20.8. The van der Waals surface area contributed by atoms with E-state index in [1.807, 2.05) is 25.7 Å². The van der Waals surface area contributed by atoms with Crippen LogP contribution in [0.15, 0.2) is 30.6 Å². The molecule has 0 radical (unpaired) electrons. The fraction of sp³-hybridized carbons (Fsp3) is 0.560. The second-order valence-electron chi connectivity index (χ2n) is 9.64. The molecular weight excluding hydrogens is 492 g/mol. The first-order chi connectivity index (χ1) is 16.7. The molecule has 0 spiro atoms. The lowest BCUT2D eigenvalue weighted by atomic mass is 9.92. The highest BCUT2D eigenvalue weighted by Crippen LogP contribution is 2.31. The van der Waals surface area contributed by atoms with Crippen molar-refractivity contribution in [1.82, 2.24) is 14.9 Å². The molecule has 0 saturated carbocycles. The van der Waals surface area contributed by atoms with Crippen LogP contribution in [0.4, 0.5) is 19.5 Å². The lowest BCUT2D eigenvalue weighted by molar-refractivity contribution is 0.0494. The zero-order chi connectivity index (χ0) is 25.1. The first kappa shape index (κ1) is 27.9. The van der Waals surface area contributed by atoms with Gasteiger partial charge in [0.25, 0.3) is 0 Å². The first-order valence-electron chi connectivity index (χ1n) is 12.1. The summed E-state index contributed by atoms with van der Waals surface area (Å²) < 4.78 is 39.3. The van der Waals surface area contributed by atoms with E-state index in [1.165, 1.54) is 6.07 Å². The molecule has 3 heterocycles. The molecule has 36 heavy (non-hydrogen) atoms. The Morgan fingerprint density at radius 1 is 1.11 bits per heavy atom. The molecule has 2 fully saturated rings. The number of carbonyl (C=O) groups excluding carboxylic acids is 1. The summed E-state index contributed by atoms with van der Waals surface area (Å²) in [7, 11) is 0. The van der Waals surface area contributed by atoms with Gasteiger partial charge in [-0.1, -0.05) is 0 Å². The lowest BCUT2D eigenvalue weighted by Gasteiger charge is -2.34. The summed E-state index contributed by atoms with van der Waals surface area (Å²) in [6.45, 7) is 7.82. The van der Waals surface area contributed by atoms with Crippen LogP contribution in [-0.4, -0.2) is 65.4 Å².